The fourth-order valence-electron chi connectivity index (χ4n) is 3.49. The molecule has 14 heteroatoms. The molecule has 0 aromatic heterocycles. The molecule has 4 rings (SSSR count). The molecule has 0 heterocycles. The van der Waals surface area contributed by atoms with Gasteiger partial charge in [0.15, 0.2) is 0 Å². The maximum Gasteiger partial charge on any atom is 0.343 e. The molecule has 2 amide bonds. The van der Waals surface area contributed by atoms with Gasteiger partial charge in [-0.2, -0.15) is 10.2 Å². The number of hydrazone groups is 2. The molecule has 0 aliphatic heterocycles. The lowest BCUT2D eigenvalue weighted by atomic mass is 10.2. The number of carbonyl (C=O) groups is 4. The fraction of sp³-hybridized carbons (Fsp3) is 0.0323. The Balaban J connectivity index is 1.31. The first-order valence-corrected chi connectivity index (χ1v) is 15.1. The van der Waals surface area contributed by atoms with Gasteiger partial charge in [-0.1, -0.05) is 55.1 Å². The Bertz CT molecular complexity index is 1670. The molecule has 2 N–H and O–H groups in total. The largest absolute Gasteiger partial charge is 0.422 e. The topological polar surface area (TPSA) is 136 Å². The zero-order chi connectivity index (χ0) is 32.3. The van der Waals surface area contributed by atoms with Crippen LogP contribution in [0.15, 0.2) is 104 Å². The average Bonchev–Trinajstić information content (AvgIpc) is 3.00. The molecule has 4 aromatic carbocycles. The zero-order valence-corrected chi connectivity index (χ0v) is 27.5. The fourth-order valence-corrected chi connectivity index (χ4v) is 4.50. The maximum absolute atomic E-state index is 12.5. The quantitative estimate of drug-likeness (QED) is 0.0589. The van der Waals surface area contributed by atoms with Crippen molar-refractivity contribution in [1.29, 1.82) is 0 Å². The number of esters is 2. The maximum atomic E-state index is 12.5. The minimum atomic E-state index is -0.728. The summed E-state index contributed by atoms with van der Waals surface area (Å²) < 4.78 is 12.3. The van der Waals surface area contributed by atoms with Crippen molar-refractivity contribution < 1.29 is 28.7 Å². The lowest BCUT2D eigenvalue weighted by molar-refractivity contribution is -0.129. The van der Waals surface area contributed by atoms with Crippen LogP contribution in [-0.2, 0) is 9.59 Å². The van der Waals surface area contributed by atoms with E-state index in [1.807, 2.05) is 0 Å². The molecule has 10 nitrogen and oxygen atoms in total. The molecule has 0 unspecified atom stereocenters. The molecule has 0 atom stereocenters. The van der Waals surface area contributed by atoms with Crippen molar-refractivity contribution in [2.24, 2.45) is 10.2 Å². The van der Waals surface area contributed by atoms with Crippen LogP contribution < -0.4 is 20.3 Å². The molecule has 0 fully saturated rings. The Labute approximate surface area is 283 Å². The van der Waals surface area contributed by atoms with Gasteiger partial charge in [0.25, 0.3) is 0 Å². The van der Waals surface area contributed by atoms with Gasteiger partial charge < -0.3 is 9.47 Å². The van der Waals surface area contributed by atoms with E-state index in [4.69, 9.17) is 32.7 Å². The first-order valence-electron chi connectivity index (χ1n) is 12.8. The van der Waals surface area contributed by atoms with Crippen molar-refractivity contribution in [2.75, 3.05) is 0 Å². The second-order valence-corrected chi connectivity index (χ2v) is 11.6. The number of hydrogen-bond donors (Lipinski definition) is 2. The molecular weight excluding hydrogens is 755 g/mol. The van der Waals surface area contributed by atoms with Crippen molar-refractivity contribution in [2.45, 2.75) is 6.42 Å². The predicted octanol–water partition coefficient (Wildman–Crippen LogP) is 6.95. The van der Waals surface area contributed by atoms with Crippen LogP contribution in [0.4, 0.5) is 0 Å². The van der Waals surface area contributed by atoms with Crippen LogP contribution in [0, 0.1) is 0 Å². The molecule has 0 bridgehead atoms. The van der Waals surface area contributed by atoms with Gasteiger partial charge in [0.2, 0.25) is 11.8 Å². The minimum Gasteiger partial charge on any atom is -0.422 e. The Morgan fingerprint density at radius 2 is 1.00 bits per heavy atom. The molecule has 0 aliphatic rings. The van der Waals surface area contributed by atoms with Gasteiger partial charge in [0.05, 0.1) is 23.6 Å². The van der Waals surface area contributed by atoms with Crippen LogP contribution >= 0.6 is 55.1 Å². The van der Waals surface area contributed by atoms with Gasteiger partial charge in [-0.25, -0.2) is 20.4 Å². The zero-order valence-electron chi connectivity index (χ0n) is 22.8. The van der Waals surface area contributed by atoms with E-state index < -0.39 is 30.2 Å². The molecular formula is C31H20Br2Cl2N4O6. The number of nitrogens with zero attached hydrogens (tertiary/aromatic N) is 2. The van der Waals surface area contributed by atoms with E-state index in [1.54, 1.807) is 60.7 Å². The smallest absolute Gasteiger partial charge is 0.343 e. The van der Waals surface area contributed by atoms with Crippen LogP contribution in [0.1, 0.15) is 38.3 Å². The van der Waals surface area contributed by atoms with E-state index in [1.165, 1.54) is 36.7 Å². The van der Waals surface area contributed by atoms with E-state index in [2.05, 4.69) is 52.9 Å². The highest BCUT2D eigenvalue weighted by atomic mass is 79.9. The van der Waals surface area contributed by atoms with Crippen molar-refractivity contribution in [3.8, 4) is 11.5 Å². The van der Waals surface area contributed by atoms with Gasteiger partial charge in [0.1, 0.15) is 17.9 Å². The summed E-state index contributed by atoms with van der Waals surface area (Å²) in [5, 5.41) is 8.68. The highest BCUT2D eigenvalue weighted by Gasteiger charge is 2.14. The molecule has 0 aliphatic carbocycles. The summed E-state index contributed by atoms with van der Waals surface area (Å²) in [5.41, 5.74) is 5.82. The summed E-state index contributed by atoms with van der Waals surface area (Å²) in [4.78, 5) is 49.6. The molecule has 0 saturated heterocycles. The summed E-state index contributed by atoms with van der Waals surface area (Å²) in [5.74, 6) is -2.30. The van der Waals surface area contributed by atoms with Gasteiger partial charge in [0, 0.05) is 30.1 Å². The van der Waals surface area contributed by atoms with Crippen LogP contribution in [-0.4, -0.2) is 36.2 Å². The van der Waals surface area contributed by atoms with Crippen molar-refractivity contribution in [3.63, 3.8) is 0 Å². The van der Waals surface area contributed by atoms with E-state index >= 15 is 0 Å². The summed E-state index contributed by atoms with van der Waals surface area (Å²) in [7, 11) is 0. The summed E-state index contributed by atoms with van der Waals surface area (Å²) in [6.45, 7) is 0. The molecule has 0 radical (unpaired) electrons. The van der Waals surface area contributed by atoms with Gasteiger partial charge >= 0.3 is 11.9 Å². The Morgan fingerprint density at radius 1 is 0.622 bits per heavy atom. The second-order valence-electron chi connectivity index (χ2n) is 8.92. The number of nitrogens with one attached hydrogen (secondary N) is 2. The normalized spacial score (nSPS) is 10.9. The Kier molecular flexibility index (Phi) is 12.0. The van der Waals surface area contributed by atoms with Crippen molar-refractivity contribution >= 4 is 91.2 Å². The SMILES string of the molecule is O=C(CC(=O)N/N=C/c1cc(Br)ccc1OC(=O)c1ccc(Cl)cc1)N/N=C/c1cc(Br)ccc1OC(=O)c1ccc(Cl)cc1. The average molecular weight is 775 g/mol. The van der Waals surface area contributed by atoms with E-state index in [0.717, 1.165) is 0 Å². The van der Waals surface area contributed by atoms with Crippen molar-refractivity contribution in [1.82, 2.24) is 10.9 Å². The lowest BCUT2D eigenvalue weighted by Gasteiger charge is -2.08. The molecule has 0 spiro atoms. The number of rotatable bonds is 10. The van der Waals surface area contributed by atoms with Crippen LogP contribution in [0.25, 0.3) is 0 Å². The third-order valence-corrected chi connectivity index (χ3v) is 7.11. The number of halogens is 4. The molecule has 0 saturated carbocycles. The lowest BCUT2D eigenvalue weighted by Crippen LogP contribution is -2.27. The van der Waals surface area contributed by atoms with Crippen molar-refractivity contribution in [3.05, 3.63) is 126 Å². The first-order chi connectivity index (χ1) is 21.6. The first kappa shape index (κ1) is 33.5. The van der Waals surface area contributed by atoms with Gasteiger partial charge in [-0.05, 0) is 84.9 Å². The number of carbonyl (C=O) groups excluding carboxylic acids is 4. The van der Waals surface area contributed by atoms with Gasteiger partial charge in [-0.15, -0.1) is 0 Å². The molecule has 45 heavy (non-hydrogen) atoms. The van der Waals surface area contributed by atoms with E-state index in [0.29, 0.717) is 41.2 Å². The molecule has 228 valence electrons. The third-order valence-electron chi connectivity index (χ3n) is 5.62. The second kappa shape index (κ2) is 16.1. The number of benzene rings is 4. The number of ether oxygens (including phenoxy) is 2. The summed E-state index contributed by atoms with van der Waals surface area (Å²) in [6, 6.07) is 22.1. The summed E-state index contributed by atoms with van der Waals surface area (Å²) in [6.07, 6.45) is 1.94. The monoisotopic (exact) mass is 772 g/mol. The van der Waals surface area contributed by atoms with E-state index in [9.17, 15) is 19.2 Å². The van der Waals surface area contributed by atoms with Crippen LogP contribution in [0.2, 0.25) is 10.0 Å². The third kappa shape index (κ3) is 10.4. The Hall–Kier alpha value is -4.36. The minimum absolute atomic E-state index is 0.189. The highest BCUT2D eigenvalue weighted by molar-refractivity contribution is 9.10. The van der Waals surface area contributed by atoms with Crippen LogP contribution in [0.3, 0.4) is 0 Å². The number of hydrogen-bond acceptors (Lipinski definition) is 8. The molecule has 4 aromatic rings. The number of amides is 2. The highest BCUT2D eigenvalue weighted by Crippen LogP contribution is 2.24. The van der Waals surface area contributed by atoms with E-state index in [-0.39, 0.29) is 11.5 Å². The Morgan fingerprint density at radius 3 is 1.38 bits per heavy atom. The standard InChI is InChI=1S/C31H20Br2Cl2N4O6/c32-22-5-11-26(44-30(42)18-1-7-24(34)8-2-18)20(13-22)16-36-38-28(40)15-29(41)39-37-17-21-14-23(33)6-12-27(21)45-31(43)19-3-9-25(35)10-4-19/h1-14,16-17H,15H2,(H,38,40)(H,39,41)/b36-16+,37-17+. The predicted molar refractivity (Wildman–Crippen MR) is 177 cm³/mol. The summed E-state index contributed by atoms with van der Waals surface area (Å²) >= 11 is 18.4. The van der Waals surface area contributed by atoms with Gasteiger partial charge in [-0.3, -0.25) is 9.59 Å². The van der Waals surface area contributed by atoms with Crippen LogP contribution in [0.5, 0.6) is 11.5 Å².